The van der Waals surface area contributed by atoms with E-state index in [2.05, 4.69) is 0 Å². The van der Waals surface area contributed by atoms with E-state index in [9.17, 15) is 4.79 Å². The third kappa shape index (κ3) is 3.83. The largest absolute Gasteiger partial charge is 0.475 e. The molecule has 0 spiro atoms. The third-order valence-electron chi connectivity index (χ3n) is 2.73. The predicted molar refractivity (Wildman–Crippen MR) is 75.5 cm³/mol. The summed E-state index contributed by atoms with van der Waals surface area (Å²) in [6.45, 7) is 2.40. The van der Waals surface area contributed by atoms with Crippen LogP contribution in [0.3, 0.4) is 0 Å². The van der Waals surface area contributed by atoms with Gasteiger partial charge in [0.05, 0.1) is 6.61 Å². The van der Waals surface area contributed by atoms with E-state index in [0.717, 1.165) is 5.56 Å². The van der Waals surface area contributed by atoms with Gasteiger partial charge < -0.3 is 14.3 Å². The molecule has 0 saturated carbocycles. The number of aryl methyl sites for hydroxylation is 1. The van der Waals surface area contributed by atoms with Gasteiger partial charge in [0.1, 0.15) is 12.4 Å². The Bertz CT molecular complexity index is 596. The van der Waals surface area contributed by atoms with Crippen molar-refractivity contribution in [2.75, 3.05) is 6.61 Å². The fourth-order valence-corrected chi connectivity index (χ4v) is 1.81. The first kappa shape index (κ1) is 14.1. The SMILES string of the molecule is Cc1cc(COC/C=C/c2ccccc2)oc1C(=O)O. The van der Waals surface area contributed by atoms with Crippen LogP contribution in [-0.2, 0) is 11.3 Å². The summed E-state index contributed by atoms with van der Waals surface area (Å²) < 4.78 is 10.6. The van der Waals surface area contributed by atoms with Crippen LogP contribution in [0.2, 0.25) is 0 Å². The van der Waals surface area contributed by atoms with E-state index < -0.39 is 5.97 Å². The summed E-state index contributed by atoms with van der Waals surface area (Å²) in [4.78, 5) is 10.8. The molecule has 0 aliphatic heterocycles. The van der Waals surface area contributed by atoms with Gasteiger partial charge in [-0.1, -0.05) is 42.5 Å². The molecule has 0 radical (unpaired) electrons. The molecule has 2 aromatic rings. The molecule has 4 heteroatoms. The lowest BCUT2D eigenvalue weighted by Gasteiger charge is -1.97. The van der Waals surface area contributed by atoms with E-state index in [1.54, 1.807) is 13.0 Å². The van der Waals surface area contributed by atoms with E-state index in [4.69, 9.17) is 14.3 Å². The van der Waals surface area contributed by atoms with Crippen molar-refractivity contribution < 1.29 is 19.1 Å². The van der Waals surface area contributed by atoms with Crippen LogP contribution in [0.15, 0.2) is 46.9 Å². The molecule has 0 fully saturated rings. The lowest BCUT2D eigenvalue weighted by Crippen LogP contribution is -1.95. The highest BCUT2D eigenvalue weighted by atomic mass is 16.5. The molecule has 0 bridgehead atoms. The van der Waals surface area contributed by atoms with E-state index in [1.165, 1.54) is 0 Å². The maximum Gasteiger partial charge on any atom is 0.372 e. The van der Waals surface area contributed by atoms with Crippen molar-refractivity contribution in [2.24, 2.45) is 0 Å². The lowest BCUT2D eigenvalue weighted by molar-refractivity contribution is 0.0651. The fourth-order valence-electron chi connectivity index (χ4n) is 1.81. The second-order valence-corrected chi connectivity index (χ2v) is 4.36. The summed E-state index contributed by atoms with van der Waals surface area (Å²) in [6.07, 6.45) is 3.87. The van der Waals surface area contributed by atoms with E-state index >= 15 is 0 Å². The summed E-state index contributed by atoms with van der Waals surface area (Å²) in [5.74, 6) is -0.561. The molecule has 0 unspecified atom stereocenters. The Balaban J connectivity index is 1.80. The average molecular weight is 272 g/mol. The van der Waals surface area contributed by atoms with Gasteiger partial charge in [-0.3, -0.25) is 0 Å². The number of aromatic carboxylic acids is 1. The Labute approximate surface area is 117 Å². The summed E-state index contributed by atoms with van der Waals surface area (Å²) in [5.41, 5.74) is 1.72. The molecule has 0 aliphatic rings. The molecular formula is C16H16O4. The molecule has 2 rings (SSSR count). The van der Waals surface area contributed by atoms with Crippen molar-refractivity contribution in [1.29, 1.82) is 0 Å². The number of rotatable bonds is 6. The zero-order valence-electron chi connectivity index (χ0n) is 11.2. The standard InChI is InChI=1S/C16H16O4/c1-12-10-14(20-15(12)16(17)18)11-19-9-5-8-13-6-3-2-4-7-13/h2-8,10H,9,11H2,1H3,(H,17,18)/b8-5+. The second-order valence-electron chi connectivity index (χ2n) is 4.36. The van der Waals surface area contributed by atoms with Crippen LogP contribution in [-0.4, -0.2) is 17.7 Å². The number of hydrogen-bond acceptors (Lipinski definition) is 3. The Morgan fingerprint density at radius 2 is 2.10 bits per heavy atom. The van der Waals surface area contributed by atoms with Crippen LogP contribution < -0.4 is 0 Å². The maximum absolute atomic E-state index is 10.8. The highest BCUT2D eigenvalue weighted by Gasteiger charge is 2.13. The minimum absolute atomic E-state index is 0.0246. The van der Waals surface area contributed by atoms with Crippen molar-refractivity contribution in [3.05, 3.63) is 65.1 Å². The average Bonchev–Trinajstić information content (AvgIpc) is 2.81. The van der Waals surface area contributed by atoms with Crippen molar-refractivity contribution in [1.82, 2.24) is 0 Å². The number of hydrogen-bond donors (Lipinski definition) is 1. The monoisotopic (exact) mass is 272 g/mol. The minimum atomic E-state index is -1.06. The molecule has 0 saturated heterocycles. The van der Waals surface area contributed by atoms with Gasteiger partial charge in [0.15, 0.2) is 0 Å². The second kappa shape index (κ2) is 6.73. The molecule has 104 valence electrons. The van der Waals surface area contributed by atoms with Crippen molar-refractivity contribution >= 4 is 12.0 Å². The zero-order valence-corrected chi connectivity index (χ0v) is 11.2. The van der Waals surface area contributed by atoms with Gasteiger partial charge in [0.25, 0.3) is 0 Å². The fraction of sp³-hybridized carbons (Fsp3) is 0.188. The molecule has 4 nitrogen and oxygen atoms in total. The number of ether oxygens (including phenoxy) is 1. The van der Waals surface area contributed by atoms with Gasteiger partial charge in [-0.2, -0.15) is 0 Å². The van der Waals surface area contributed by atoms with Gasteiger partial charge in [-0.25, -0.2) is 4.79 Å². The van der Waals surface area contributed by atoms with Crippen LogP contribution in [0.1, 0.15) is 27.4 Å². The van der Waals surface area contributed by atoms with Gasteiger partial charge in [0, 0.05) is 5.56 Å². The quantitative estimate of drug-likeness (QED) is 0.817. The Hall–Kier alpha value is -2.33. The summed E-state index contributed by atoms with van der Waals surface area (Å²) in [7, 11) is 0. The third-order valence-corrected chi connectivity index (χ3v) is 2.73. The van der Waals surface area contributed by atoms with Crippen LogP contribution in [0.25, 0.3) is 6.08 Å². The number of benzene rings is 1. The Morgan fingerprint density at radius 1 is 1.35 bits per heavy atom. The lowest BCUT2D eigenvalue weighted by atomic mass is 10.2. The highest BCUT2D eigenvalue weighted by Crippen LogP contribution is 2.15. The molecule has 1 N–H and O–H groups in total. The first-order chi connectivity index (χ1) is 9.66. The topological polar surface area (TPSA) is 59.7 Å². The highest BCUT2D eigenvalue weighted by molar-refractivity contribution is 5.86. The predicted octanol–water partition coefficient (Wildman–Crippen LogP) is 3.52. The van der Waals surface area contributed by atoms with Crippen LogP contribution >= 0.6 is 0 Å². The molecule has 20 heavy (non-hydrogen) atoms. The molecule has 0 atom stereocenters. The van der Waals surface area contributed by atoms with Crippen LogP contribution in [0.5, 0.6) is 0 Å². The van der Waals surface area contributed by atoms with Gasteiger partial charge in [-0.05, 0) is 18.6 Å². The van der Waals surface area contributed by atoms with Gasteiger partial charge in [0.2, 0.25) is 5.76 Å². The molecule has 1 aromatic heterocycles. The van der Waals surface area contributed by atoms with Crippen LogP contribution in [0.4, 0.5) is 0 Å². The van der Waals surface area contributed by atoms with E-state index in [0.29, 0.717) is 17.9 Å². The van der Waals surface area contributed by atoms with Crippen molar-refractivity contribution in [3.63, 3.8) is 0 Å². The Kier molecular flexibility index (Phi) is 4.74. The van der Waals surface area contributed by atoms with E-state index in [1.807, 2.05) is 42.5 Å². The molecule has 0 aliphatic carbocycles. The number of carbonyl (C=O) groups is 1. The Morgan fingerprint density at radius 3 is 2.75 bits per heavy atom. The summed E-state index contributed by atoms with van der Waals surface area (Å²) in [6, 6.07) is 11.6. The summed E-state index contributed by atoms with van der Waals surface area (Å²) in [5, 5.41) is 8.87. The van der Waals surface area contributed by atoms with Crippen LogP contribution in [0, 0.1) is 6.92 Å². The van der Waals surface area contributed by atoms with Crippen molar-refractivity contribution in [2.45, 2.75) is 13.5 Å². The van der Waals surface area contributed by atoms with Gasteiger partial charge in [-0.15, -0.1) is 0 Å². The van der Waals surface area contributed by atoms with E-state index in [-0.39, 0.29) is 12.4 Å². The molecule has 1 aromatic carbocycles. The molecule has 1 heterocycles. The number of carboxylic acids is 1. The molecule has 0 amide bonds. The normalized spacial score (nSPS) is 11.1. The maximum atomic E-state index is 10.8. The van der Waals surface area contributed by atoms with Crippen molar-refractivity contribution in [3.8, 4) is 0 Å². The number of carboxylic acid groups (broad SMARTS) is 1. The first-order valence-corrected chi connectivity index (χ1v) is 6.29. The molecular weight excluding hydrogens is 256 g/mol. The number of furan rings is 1. The minimum Gasteiger partial charge on any atom is -0.475 e. The van der Waals surface area contributed by atoms with Gasteiger partial charge >= 0.3 is 5.97 Å². The summed E-state index contributed by atoms with van der Waals surface area (Å²) >= 11 is 0. The first-order valence-electron chi connectivity index (χ1n) is 6.29. The smallest absolute Gasteiger partial charge is 0.372 e. The zero-order chi connectivity index (χ0) is 14.4.